The number of nitrogens with zero attached hydrogens (tertiary/aromatic N) is 1. The summed E-state index contributed by atoms with van der Waals surface area (Å²) in [7, 11) is 0. The molecule has 0 aliphatic carbocycles. The van der Waals surface area contributed by atoms with E-state index in [-0.39, 0.29) is 12.5 Å². The predicted molar refractivity (Wildman–Crippen MR) is 132 cm³/mol. The van der Waals surface area contributed by atoms with Crippen molar-refractivity contribution in [2.75, 3.05) is 17.2 Å². The molecule has 174 valence electrons. The van der Waals surface area contributed by atoms with E-state index >= 15 is 0 Å². The van der Waals surface area contributed by atoms with E-state index in [4.69, 9.17) is 16.3 Å². The molecular weight excluding hydrogens is 456 g/mol. The van der Waals surface area contributed by atoms with Crippen molar-refractivity contribution in [3.8, 4) is 5.75 Å². The van der Waals surface area contributed by atoms with Crippen LogP contribution in [-0.2, 0) is 14.4 Å². The zero-order valence-electron chi connectivity index (χ0n) is 18.6. The average Bonchev–Trinajstić information content (AvgIpc) is 2.82. The zero-order valence-corrected chi connectivity index (χ0v) is 19.3. The summed E-state index contributed by atoms with van der Waals surface area (Å²) in [6.45, 7) is 3.68. The minimum atomic E-state index is -0.902. The van der Waals surface area contributed by atoms with Gasteiger partial charge in [-0.2, -0.15) is 5.10 Å². The highest BCUT2D eigenvalue weighted by molar-refractivity contribution is 6.39. The number of ether oxygens (including phenoxy) is 1. The van der Waals surface area contributed by atoms with Crippen LogP contribution in [0.1, 0.15) is 16.7 Å². The second-order valence-electron chi connectivity index (χ2n) is 7.37. The van der Waals surface area contributed by atoms with Crippen molar-refractivity contribution < 1.29 is 19.1 Å². The first-order chi connectivity index (χ1) is 16.3. The molecule has 0 saturated carbocycles. The smallest absolute Gasteiger partial charge is 0.329 e. The highest BCUT2D eigenvalue weighted by Crippen LogP contribution is 2.15. The van der Waals surface area contributed by atoms with Crippen molar-refractivity contribution in [1.82, 2.24) is 5.43 Å². The zero-order chi connectivity index (χ0) is 24.5. The Morgan fingerprint density at radius 2 is 1.62 bits per heavy atom. The molecule has 0 bridgehead atoms. The summed E-state index contributed by atoms with van der Waals surface area (Å²) in [5.41, 5.74) is 6.00. The average molecular weight is 479 g/mol. The van der Waals surface area contributed by atoms with Crippen LogP contribution in [0.25, 0.3) is 0 Å². The van der Waals surface area contributed by atoms with Gasteiger partial charge < -0.3 is 15.4 Å². The lowest BCUT2D eigenvalue weighted by Crippen LogP contribution is -2.32. The first-order valence-electron chi connectivity index (χ1n) is 10.3. The molecule has 0 atom stereocenters. The molecule has 0 saturated heterocycles. The normalized spacial score (nSPS) is 10.6. The number of nitrogens with one attached hydrogen (secondary N) is 3. The Kier molecular flexibility index (Phi) is 8.37. The van der Waals surface area contributed by atoms with E-state index in [1.165, 1.54) is 6.21 Å². The Balaban J connectivity index is 1.48. The van der Waals surface area contributed by atoms with Gasteiger partial charge in [-0.3, -0.25) is 14.4 Å². The molecule has 3 rings (SSSR count). The van der Waals surface area contributed by atoms with Crippen molar-refractivity contribution in [2.24, 2.45) is 5.10 Å². The van der Waals surface area contributed by atoms with Gasteiger partial charge in [0, 0.05) is 16.4 Å². The summed E-state index contributed by atoms with van der Waals surface area (Å²) < 4.78 is 5.50. The Labute approximate surface area is 202 Å². The fraction of sp³-hybridized carbons (Fsp3) is 0.120. The van der Waals surface area contributed by atoms with Crippen molar-refractivity contribution in [3.63, 3.8) is 0 Å². The third-order valence-electron chi connectivity index (χ3n) is 4.71. The minimum absolute atomic E-state index is 0.196. The van der Waals surface area contributed by atoms with Crippen LogP contribution in [0.5, 0.6) is 5.75 Å². The first-order valence-corrected chi connectivity index (χ1v) is 10.7. The first kappa shape index (κ1) is 24.5. The minimum Gasteiger partial charge on any atom is -0.484 e. The van der Waals surface area contributed by atoms with E-state index in [1.54, 1.807) is 60.7 Å². The molecule has 8 nitrogen and oxygen atoms in total. The van der Waals surface area contributed by atoms with Gasteiger partial charge in [-0.05, 0) is 79.1 Å². The van der Waals surface area contributed by atoms with Crippen LogP contribution in [0.2, 0.25) is 5.02 Å². The highest BCUT2D eigenvalue weighted by atomic mass is 35.5. The van der Waals surface area contributed by atoms with Gasteiger partial charge in [0.25, 0.3) is 5.91 Å². The van der Waals surface area contributed by atoms with E-state index in [9.17, 15) is 14.4 Å². The Bertz CT molecular complexity index is 1230. The Hall–Kier alpha value is -4.17. The second kappa shape index (κ2) is 11.6. The van der Waals surface area contributed by atoms with Gasteiger partial charge in [-0.1, -0.05) is 29.8 Å². The number of carbonyl (C=O) groups excluding carboxylic acids is 3. The lowest BCUT2D eigenvalue weighted by Gasteiger charge is -2.08. The van der Waals surface area contributed by atoms with Crippen molar-refractivity contribution in [1.29, 1.82) is 0 Å². The Morgan fingerprint density at radius 3 is 2.35 bits per heavy atom. The van der Waals surface area contributed by atoms with Crippen LogP contribution >= 0.6 is 11.6 Å². The molecule has 3 aromatic carbocycles. The van der Waals surface area contributed by atoms with Gasteiger partial charge in [0.1, 0.15) is 5.75 Å². The summed E-state index contributed by atoms with van der Waals surface area (Å²) >= 11 is 5.82. The molecule has 0 fully saturated rings. The van der Waals surface area contributed by atoms with E-state index in [1.807, 2.05) is 19.9 Å². The number of carbonyl (C=O) groups is 3. The third kappa shape index (κ3) is 7.46. The van der Waals surface area contributed by atoms with E-state index in [0.29, 0.717) is 27.7 Å². The van der Waals surface area contributed by atoms with E-state index in [0.717, 1.165) is 11.1 Å². The van der Waals surface area contributed by atoms with Gasteiger partial charge in [0.2, 0.25) is 0 Å². The fourth-order valence-corrected chi connectivity index (χ4v) is 2.91. The topological polar surface area (TPSA) is 109 Å². The van der Waals surface area contributed by atoms with Crippen LogP contribution in [0.3, 0.4) is 0 Å². The van der Waals surface area contributed by atoms with Gasteiger partial charge in [-0.15, -0.1) is 0 Å². The molecule has 0 aromatic heterocycles. The number of halogens is 1. The molecule has 9 heteroatoms. The van der Waals surface area contributed by atoms with Gasteiger partial charge >= 0.3 is 11.8 Å². The van der Waals surface area contributed by atoms with Crippen LogP contribution in [-0.4, -0.2) is 30.5 Å². The number of hydrazone groups is 1. The summed E-state index contributed by atoms with van der Waals surface area (Å²) in [5.74, 6) is -1.62. The van der Waals surface area contributed by atoms with E-state index in [2.05, 4.69) is 21.2 Å². The molecule has 3 aromatic rings. The maximum atomic E-state index is 12.1. The SMILES string of the molecule is Cc1ccc(NC(=O)C(=O)N/N=C\c2cccc(OCC(=O)Nc3ccc(Cl)cc3)c2)cc1C. The fourth-order valence-electron chi connectivity index (χ4n) is 2.79. The van der Waals surface area contributed by atoms with Crippen LogP contribution < -0.4 is 20.8 Å². The highest BCUT2D eigenvalue weighted by Gasteiger charge is 2.13. The maximum absolute atomic E-state index is 12.1. The molecule has 3 N–H and O–H groups in total. The molecule has 0 heterocycles. The van der Waals surface area contributed by atoms with E-state index < -0.39 is 11.8 Å². The maximum Gasteiger partial charge on any atom is 0.329 e. The van der Waals surface area contributed by atoms with Gasteiger partial charge in [-0.25, -0.2) is 5.43 Å². The standard InChI is InChI=1S/C25H23ClN4O4/c1-16-6-9-21(12-17(16)2)29-24(32)25(33)30-27-14-18-4-3-5-22(13-18)34-15-23(31)28-20-10-7-19(26)8-11-20/h3-14H,15H2,1-2H3,(H,28,31)(H,29,32)(H,30,33)/b27-14-. The van der Waals surface area contributed by atoms with Crippen LogP contribution in [0.15, 0.2) is 71.8 Å². The number of hydrogen-bond acceptors (Lipinski definition) is 5. The lowest BCUT2D eigenvalue weighted by atomic mass is 10.1. The largest absolute Gasteiger partial charge is 0.484 e. The Morgan fingerprint density at radius 1 is 0.882 bits per heavy atom. The van der Waals surface area contributed by atoms with Gasteiger partial charge in [0.05, 0.1) is 6.21 Å². The number of benzene rings is 3. The summed E-state index contributed by atoms with van der Waals surface area (Å²) in [4.78, 5) is 36.1. The molecule has 3 amide bonds. The molecule has 34 heavy (non-hydrogen) atoms. The third-order valence-corrected chi connectivity index (χ3v) is 4.96. The number of anilines is 2. The molecule has 0 radical (unpaired) electrons. The van der Waals surface area contributed by atoms with Crippen molar-refractivity contribution in [2.45, 2.75) is 13.8 Å². The molecule has 0 spiro atoms. The predicted octanol–water partition coefficient (Wildman–Crippen LogP) is 4.06. The number of amides is 3. The number of aryl methyl sites for hydroxylation is 2. The van der Waals surface area contributed by atoms with Gasteiger partial charge in [0.15, 0.2) is 6.61 Å². The molecule has 0 aliphatic heterocycles. The summed E-state index contributed by atoms with van der Waals surface area (Å²) in [6.07, 6.45) is 1.36. The number of rotatable bonds is 7. The van der Waals surface area contributed by atoms with Crippen molar-refractivity contribution >= 4 is 46.9 Å². The summed E-state index contributed by atoms with van der Waals surface area (Å²) in [5, 5.41) is 9.60. The monoisotopic (exact) mass is 478 g/mol. The summed E-state index contributed by atoms with van der Waals surface area (Å²) in [6, 6.07) is 18.8. The molecular formula is C25H23ClN4O4. The molecule has 0 unspecified atom stereocenters. The quantitative estimate of drug-likeness (QED) is 0.270. The molecule has 0 aliphatic rings. The lowest BCUT2D eigenvalue weighted by molar-refractivity contribution is -0.136. The second-order valence-corrected chi connectivity index (χ2v) is 7.80. The van der Waals surface area contributed by atoms with Crippen molar-refractivity contribution in [3.05, 3.63) is 88.4 Å². The van der Waals surface area contributed by atoms with Crippen LogP contribution in [0, 0.1) is 13.8 Å². The van der Waals surface area contributed by atoms with Crippen LogP contribution in [0.4, 0.5) is 11.4 Å². The number of hydrogen-bond donors (Lipinski definition) is 3.